The first kappa shape index (κ1) is 16.6. The monoisotopic (exact) mass is 271 g/mol. The number of esters is 1. The zero-order valence-electron chi connectivity index (χ0n) is 10.3. The molecule has 0 saturated carbocycles. The van der Waals surface area contributed by atoms with E-state index < -0.39 is 5.92 Å². The van der Waals surface area contributed by atoms with Crippen molar-refractivity contribution in [1.82, 2.24) is 0 Å². The first-order chi connectivity index (χ1) is 8.13. The molecule has 1 aromatic rings. The average Bonchev–Trinajstić information content (AvgIpc) is 2.36. The maximum Gasteiger partial charge on any atom is 0.309 e. The SMILES string of the molecule is CC(CC(=O)CN)C(=O)OCc1ccccc1.Cl. The normalized spacial score (nSPS) is 11.2. The van der Waals surface area contributed by atoms with Crippen LogP contribution < -0.4 is 5.73 Å². The van der Waals surface area contributed by atoms with E-state index in [9.17, 15) is 9.59 Å². The summed E-state index contributed by atoms with van der Waals surface area (Å²) in [6.45, 7) is 1.87. The lowest BCUT2D eigenvalue weighted by molar-refractivity contribution is -0.150. The van der Waals surface area contributed by atoms with Crippen LogP contribution in [0.25, 0.3) is 0 Å². The largest absolute Gasteiger partial charge is 0.461 e. The maximum absolute atomic E-state index is 11.6. The van der Waals surface area contributed by atoms with E-state index in [4.69, 9.17) is 10.5 Å². The Morgan fingerprint density at radius 1 is 1.28 bits per heavy atom. The third-order valence-corrected chi connectivity index (χ3v) is 2.39. The van der Waals surface area contributed by atoms with Gasteiger partial charge >= 0.3 is 5.97 Å². The molecule has 0 aromatic heterocycles. The molecular formula is C13H18ClNO3. The van der Waals surface area contributed by atoms with Gasteiger partial charge in [0.2, 0.25) is 0 Å². The lowest BCUT2D eigenvalue weighted by Crippen LogP contribution is -2.22. The molecule has 4 nitrogen and oxygen atoms in total. The molecule has 1 atom stereocenters. The van der Waals surface area contributed by atoms with Crippen molar-refractivity contribution in [2.45, 2.75) is 20.0 Å². The van der Waals surface area contributed by atoms with Gasteiger partial charge in [-0.05, 0) is 5.56 Å². The Morgan fingerprint density at radius 3 is 2.44 bits per heavy atom. The van der Waals surface area contributed by atoms with Crippen LogP contribution in [0.15, 0.2) is 30.3 Å². The maximum atomic E-state index is 11.6. The number of ether oxygens (including phenoxy) is 1. The van der Waals surface area contributed by atoms with Crippen molar-refractivity contribution in [2.24, 2.45) is 11.7 Å². The van der Waals surface area contributed by atoms with Gasteiger partial charge in [-0.15, -0.1) is 12.4 Å². The number of rotatable bonds is 6. The van der Waals surface area contributed by atoms with Crippen LogP contribution in [0.5, 0.6) is 0 Å². The summed E-state index contributed by atoms with van der Waals surface area (Å²) >= 11 is 0. The van der Waals surface area contributed by atoms with Crippen molar-refractivity contribution in [3.8, 4) is 0 Å². The molecule has 0 amide bonds. The Labute approximate surface area is 113 Å². The minimum absolute atomic E-state index is 0. The van der Waals surface area contributed by atoms with E-state index in [2.05, 4.69) is 0 Å². The Morgan fingerprint density at radius 2 is 1.89 bits per heavy atom. The molecule has 2 N–H and O–H groups in total. The summed E-state index contributed by atoms with van der Waals surface area (Å²) in [6, 6.07) is 9.41. The summed E-state index contributed by atoms with van der Waals surface area (Å²) < 4.78 is 5.10. The first-order valence-corrected chi connectivity index (χ1v) is 5.55. The Bertz CT molecular complexity index is 381. The molecule has 100 valence electrons. The zero-order chi connectivity index (χ0) is 12.7. The molecule has 0 aliphatic carbocycles. The van der Waals surface area contributed by atoms with Gasteiger partial charge in [-0.1, -0.05) is 37.3 Å². The number of Topliss-reactive ketones (excluding diaryl/α,β-unsaturated/α-hetero) is 1. The fourth-order valence-electron chi connectivity index (χ4n) is 1.38. The van der Waals surface area contributed by atoms with E-state index in [1.165, 1.54) is 0 Å². The molecule has 0 saturated heterocycles. The fourth-order valence-corrected chi connectivity index (χ4v) is 1.38. The van der Waals surface area contributed by atoms with Gasteiger partial charge in [-0.25, -0.2) is 0 Å². The van der Waals surface area contributed by atoms with Gasteiger partial charge in [0.1, 0.15) is 12.4 Å². The summed E-state index contributed by atoms with van der Waals surface area (Å²) in [7, 11) is 0. The summed E-state index contributed by atoms with van der Waals surface area (Å²) in [4.78, 5) is 22.6. The molecule has 0 aliphatic rings. The van der Waals surface area contributed by atoms with Crippen molar-refractivity contribution >= 4 is 24.2 Å². The van der Waals surface area contributed by atoms with Crippen LogP contribution in [0.4, 0.5) is 0 Å². The van der Waals surface area contributed by atoms with E-state index in [1.54, 1.807) is 6.92 Å². The molecule has 0 radical (unpaired) electrons. The van der Waals surface area contributed by atoms with E-state index in [-0.39, 0.29) is 43.7 Å². The fraction of sp³-hybridized carbons (Fsp3) is 0.385. The molecule has 18 heavy (non-hydrogen) atoms. The summed E-state index contributed by atoms with van der Waals surface area (Å²) in [6.07, 6.45) is 0.143. The molecule has 1 rings (SSSR count). The van der Waals surface area contributed by atoms with Crippen LogP contribution in [0.1, 0.15) is 18.9 Å². The molecule has 0 fully saturated rings. The van der Waals surface area contributed by atoms with Crippen molar-refractivity contribution in [2.75, 3.05) is 6.54 Å². The number of ketones is 1. The Balaban J connectivity index is 0.00000289. The van der Waals surface area contributed by atoms with Crippen molar-refractivity contribution in [3.05, 3.63) is 35.9 Å². The predicted molar refractivity (Wildman–Crippen MR) is 71.3 cm³/mol. The topological polar surface area (TPSA) is 69.4 Å². The second-order valence-electron chi connectivity index (χ2n) is 3.94. The van der Waals surface area contributed by atoms with E-state index >= 15 is 0 Å². The summed E-state index contributed by atoms with van der Waals surface area (Å²) in [5.41, 5.74) is 6.11. The second kappa shape index (κ2) is 8.66. The molecular weight excluding hydrogens is 254 g/mol. The number of carbonyl (C=O) groups is 2. The van der Waals surface area contributed by atoms with Gasteiger partial charge in [0.15, 0.2) is 0 Å². The average molecular weight is 272 g/mol. The first-order valence-electron chi connectivity index (χ1n) is 5.55. The smallest absolute Gasteiger partial charge is 0.309 e. The van der Waals surface area contributed by atoms with Crippen LogP contribution in [-0.4, -0.2) is 18.3 Å². The van der Waals surface area contributed by atoms with E-state index in [1.807, 2.05) is 30.3 Å². The van der Waals surface area contributed by atoms with Gasteiger partial charge in [-0.3, -0.25) is 9.59 Å². The van der Waals surface area contributed by atoms with Crippen LogP contribution in [-0.2, 0) is 20.9 Å². The van der Waals surface area contributed by atoms with Crippen LogP contribution in [0.3, 0.4) is 0 Å². The lowest BCUT2D eigenvalue weighted by atomic mass is 10.1. The molecule has 0 bridgehead atoms. The number of benzene rings is 1. The second-order valence-corrected chi connectivity index (χ2v) is 3.94. The Kier molecular flexibility index (Phi) is 8.00. The molecule has 5 heteroatoms. The molecule has 1 unspecified atom stereocenters. The molecule has 0 aliphatic heterocycles. The van der Waals surface area contributed by atoms with Crippen LogP contribution in [0, 0.1) is 5.92 Å². The third-order valence-electron chi connectivity index (χ3n) is 2.39. The summed E-state index contributed by atoms with van der Waals surface area (Å²) in [5, 5.41) is 0. The molecule has 0 heterocycles. The standard InChI is InChI=1S/C13H17NO3.ClH/c1-10(7-12(15)8-14)13(16)17-9-11-5-3-2-4-6-11;/h2-6,10H,7-9,14H2,1H3;1H. The van der Waals surface area contributed by atoms with Crippen LogP contribution in [0.2, 0.25) is 0 Å². The minimum atomic E-state index is -0.435. The van der Waals surface area contributed by atoms with Gasteiger partial charge in [0.05, 0.1) is 12.5 Å². The number of hydrogen-bond acceptors (Lipinski definition) is 4. The predicted octanol–water partition coefficient (Wildman–Crippen LogP) is 1.71. The number of halogens is 1. The van der Waals surface area contributed by atoms with Gasteiger partial charge in [0, 0.05) is 6.42 Å². The van der Waals surface area contributed by atoms with Crippen LogP contribution >= 0.6 is 12.4 Å². The van der Waals surface area contributed by atoms with Crippen molar-refractivity contribution in [1.29, 1.82) is 0 Å². The highest BCUT2D eigenvalue weighted by molar-refractivity contribution is 5.85. The molecule has 0 spiro atoms. The highest BCUT2D eigenvalue weighted by Gasteiger charge is 2.17. The number of carbonyl (C=O) groups excluding carboxylic acids is 2. The van der Waals surface area contributed by atoms with Gasteiger partial charge < -0.3 is 10.5 Å². The summed E-state index contributed by atoms with van der Waals surface area (Å²) in [5.74, 6) is -0.931. The van der Waals surface area contributed by atoms with Gasteiger partial charge in [-0.2, -0.15) is 0 Å². The quantitative estimate of drug-likeness (QED) is 0.800. The Hall–Kier alpha value is -1.39. The highest BCUT2D eigenvalue weighted by Crippen LogP contribution is 2.08. The third kappa shape index (κ3) is 5.80. The van der Waals surface area contributed by atoms with E-state index in [0.29, 0.717) is 0 Å². The molecule has 1 aromatic carbocycles. The van der Waals surface area contributed by atoms with Crippen molar-refractivity contribution < 1.29 is 14.3 Å². The minimum Gasteiger partial charge on any atom is -0.461 e. The highest BCUT2D eigenvalue weighted by atomic mass is 35.5. The number of hydrogen-bond donors (Lipinski definition) is 1. The van der Waals surface area contributed by atoms with Crippen molar-refractivity contribution in [3.63, 3.8) is 0 Å². The zero-order valence-corrected chi connectivity index (χ0v) is 11.1. The van der Waals surface area contributed by atoms with E-state index in [0.717, 1.165) is 5.56 Å². The lowest BCUT2D eigenvalue weighted by Gasteiger charge is -2.10. The van der Waals surface area contributed by atoms with Gasteiger partial charge in [0.25, 0.3) is 0 Å². The number of nitrogens with two attached hydrogens (primary N) is 1.